The van der Waals surface area contributed by atoms with Crippen molar-refractivity contribution in [2.75, 3.05) is 11.9 Å². The van der Waals surface area contributed by atoms with E-state index in [1.807, 2.05) is 0 Å². The van der Waals surface area contributed by atoms with Gasteiger partial charge in [0.2, 0.25) is 5.91 Å². The van der Waals surface area contributed by atoms with E-state index in [4.69, 9.17) is 16.0 Å². The maximum absolute atomic E-state index is 12.2. The molecular formula is C16H9ClN4O4S. The zero-order valence-electron chi connectivity index (χ0n) is 12.9. The van der Waals surface area contributed by atoms with Crippen molar-refractivity contribution in [3.63, 3.8) is 0 Å². The number of rotatable bonds is 4. The minimum absolute atomic E-state index is 0.133. The molecule has 1 aliphatic heterocycles. The second-order valence-corrected chi connectivity index (χ2v) is 7.02. The Morgan fingerprint density at radius 3 is 2.42 bits per heavy atom. The smallest absolute Gasteiger partial charge is 0.322 e. The minimum atomic E-state index is -0.626. The Kier molecular flexibility index (Phi) is 4.02. The molecule has 3 heterocycles. The number of anilines is 1. The van der Waals surface area contributed by atoms with E-state index in [9.17, 15) is 14.4 Å². The van der Waals surface area contributed by atoms with E-state index >= 15 is 0 Å². The van der Waals surface area contributed by atoms with Gasteiger partial charge in [0.1, 0.15) is 6.54 Å². The van der Waals surface area contributed by atoms with Crippen molar-refractivity contribution in [3.05, 3.63) is 51.9 Å². The Balaban J connectivity index is 1.45. The SMILES string of the molecule is O=C(CN1C(=O)c2ccccc2C1=O)Nc1nnc(-c2ccc(Cl)s2)o1. The number of imide groups is 1. The van der Waals surface area contributed by atoms with E-state index in [2.05, 4.69) is 15.5 Å². The normalized spacial score (nSPS) is 13.2. The van der Waals surface area contributed by atoms with E-state index in [-0.39, 0.29) is 23.0 Å². The van der Waals surface area contributed by atoms with E-state index in [1.54, 1.807) is 36.4 Å². The third-order valence-electron chi connectivity index (χ3n) is 3.64. The highest BCUT2D eigenvalue weighted by Crippen LogP contribution is 2.30. The Bertz CT molecular complexity index is 1010. The number of hydrogen-bond donors (Lipinski definition) is 1. The van der Waals surface area contributed by atoms with Crippen LogP contribution in [0.25, 0.3) is 10.8 Å². The van der Waals surface area contributed by atoms with Crippen molar-refractivity contribution in [1.29, 1.82) is 0 Å². The Hall–Kier alpha value is -3.04. The average Bonchev–Trinajstić information content (AvgIpc) is 3.32. The van der Waals surface area contributed by atoms with Crippen LogP contribution < -0.4 is 5.32 Å². The lowest BCUT2D eigenvalue weighted by Gasteiger charge is -2.12. The molecule has 1 aliphatic rings. The molecule has 1 N–H and O–H groups in total. The summed E-state index contributed by atoms with van der Waals surface area (Å²) < 4.78 is 5.91. The van der Waals surface area contributed by atoms with Gasteiger partial charge in [-0.05, 0) is 24.3 Å². The van der Waals surface area contributed by atoms with Crippen molar-refractivity contribution in [2.24, 2.45) is 0 Å². The van der Waals surface area contributed by atoms with Crippen molar-refractivity contribution in [1.82, 2.24) is 15.1 Å². The molecule has 2 aromatic heterocycles. The molecule has 8 nitrogen and oxygen atoms in total. The van der Waals surface area contributed by atoms with Gasteiger partial charge in [-0.1, -0.05) is 28.8 Å². The number of nitrogens with one attached hydrogen (secondary N) is 1. The molecule has 0 aliphatic carbocycles. The number of carbonyl (C=O) groups is 3. The largest absolute Gasteiger partial charge is 0.402 e. The molecule has 26 heavy (non-hydrogen) atoms. The second-order valence-electron chi connectivity index (χ2n) is 5.31. The Morgan fingerprint density at radius 2 is 1.81 bits per heavy atom. The van der Waals surface area contributed by atoms with Crippen LogP contribution in [0.3, 0.4) is 0 Å². The quantitative estimate of drug-likeness (QED) is 0.689. The van der Waals surface area contributed by atoms with Crippen molar-refractivity contribution in [3.8, 4) is 10.8 Å². The van der Waals surface area contributed by atoms with Crippen LogP contribution in [0.2, 0.25) is 4.34 Å². The summed E-state index contributed by atoms with van der Waals surface area (Å²) in [6.45, 7) is -0.450. The summed E-state index contributed by atoms with van der Waals surface area (Å²) >= 11 is 7.10. The molecule has 0 bridgehead atoms. The molecule has 10 heteroatoms. The van der Waals surface area contributed by atoms with Gasteiger partial charge in [-0.2, -0.15) is 0 Å². The van der Waals surface area contributed by atoms with Crippen LogP contribution in [-0.4, -0.2) is 39.4 Å². The van der Waals surface area contributed by atoms with E-state index in [0.717, 1.165) is 4.90 Å². The summed E-state index contributed by atoms with van der Waals surface area (Å²) in [6.07, 6.45) is 0. The van der Waals surface area contributed by atoms with Crippen molar-refractivity contribution >= 4 is 46.7 Å². The molecule has 0 saturated heterocycles. The monoisotopic (exact) mass is 388 g/mol. The topological polar surface area (TPSA) is 105 Å². The van der Waals surface area contributed by atoms with Gasteiger partial charge in [-0.25, -0.2) is 0 Å². The Morgan fingerprint density at radius 1 is 1.12 bits per heavy atom. The van der Waals surface area contributed by atoms with Crippen LogP contribution in [0.15, 0.2) is 40.8 Å². The first-order chi connectivity index (χ1) is 12.5. The first-order valence-corrected chi connectivity index (χ1v) is 8.56. The summed E-state index contributed by atoms with van der Waals surface area (Å²) in [5.41, 5.74) is 0.555. The summed E-state index contributed by atoms with van der Waals surface area (Å²) in [5, 5.41) is 9.92. The van der Waals surface area contributed by atoms with Crippen LogP contribution in [0.5, 0.6) is 0 Å². The maximum atomic E-state index is 12.2. The first kappa shape index (κ1) is 16.4. The number of benzene rings is 1. The third-order valence-corrected chi connectivity index (χ3v) is 4.85. The molecule has 0 radical (unpaired) electrons. The van der Waals surface area contributed by atoms with Gasteiger partial charge >= 0.3 is 6.01 Å². The lowest BCUT2D eigenvalue weighted by atomic mass is 10.1. The molecule has 0 atom stereocenters. The van der Waals surface area contributed by atoms with Gasteiger partial charge in [0.05, 0.1) is 20.3 Å². The number of carbonyl (C=O) groups excluding carboxylic acids is 3. The fourth-order valence-corrected chi connectivity index (χ4v) is 3.45. The maximum Gasteiger partial charge on any atom is 0.322 e. The lowest BCUT2D eigenvalue weighted by Crippen LogP contribution is -2.37. The predicted molar refractivity (Wildman–Crippen MR) is 93.1 cm³/mol. The van der Waals surface area contributed by atoms with Gasteiger partial charge in [-0.3, -0.25) is 24.6 Å². The van der Waals surface area contributed by atoms with Gasteiger partial charge in [0, 0.05) is 0 Å². The average molecular weight is 389 g/mol. The third kappa shape index (κ3) is 2.87. The zero-order chi connectivity index (χ0) is 18.3. The number of halogens is 1. The number of nitrogens with zero attached hydrogens (tertiary/aromatic N) is 3. The molecule has 3 amide bonds. The van der Waals surface area contributed by atoms with E-state index in [1.165, 1.54) is 11.3 Å². The van der Waals surface area contributed by atoms with E-state index < -0.39 is 24.3 Å². The summed E-state index contributed by atoms with van der Waals surface area (Å²) in [7, 11) is 0. The number of aromatic nitrogens is 2. The number of fused-ring (bicyclic) bond motifs is 1. The molecule has 0 saturated carbocycles. The van der Waals surface area contributed by atoms with Crippen LogP contribution >= 0.6 is 22.9 Å². The second kappa shape index (κ2) is 6.36. The minimum Gasteiger partial charge on any atom is -0.402 e. The predicted octanol–water partition coefficient (Wildman–Crippen LogP) is 2.69. The molecule has 130 valence electrons. The standard InChI is InChI=1S/C16H9ClN4O4S/c17-11-6-5-10(26-11)13-19-20-16(25-13)18-12(22)7-21-14(23)8-3-1-2-4-9(8)15(21)24/h1-6H,7H2,(H,18,20,22). The molecule has 0 unspecified atom stereocenters. The molecule has 0 spiro atoms. The molecule has 1 aromatic carbocycles. The first-order valence-electron chi connectivity index (χ1n) is 7.37. The molecular weight excluding hydrogens is 380 g/mol. The fraction of sp³-hybridized carbons (Fsp3) is 0.0625. The van der Waals surface area contributed by atoms with Gasteiger partial charge in [-0.15, -0.1) is 16.4 Å². The number of thiophene rings is 1. The molecule has 3 aromatic rings. The van der Waals surface area contributed by atoms with Gasteiger partial charge in [0.25, 0.3) is 17.7 Å². The van der Waals surface area contributed by atoms with Gasteiger partial charge < -0.3 is 4.42 Å². The summed E-state index contributed by atoms with van der Waals surface area (Å²) in [6, 6.07) is 9.67. The highest BCUT2D eigenvalue weighted by Gasteiger charge is 2.36. The Labute approximate surface area is 155 Å². The zero-order valence-corrected chi connectivity index (χ0v) is 14.5. The number of hydrogen-bond acceptors (Lipinski definition) is 7. The van der Waals surface area contributed by atoms with Crippen molar-refractivity contribution < 1.29 is 18.8 Å². The van der Waals surface area contributed by atoms with Crippen LogP contribution in [-0.2, 0) is 4.79 Å². The number of amides is 3. The fourth-order valence-electron chi connectivity index (χ4n) is 2.49. The van der Waals surface area contributed by atoms with Crippen molar-refractivity contribution in [2.45, 2.75) is 0 Å². The van der Waals surface area contributed by atoms with Crippen LogP contribution in [0, 0.1) is 0 Å². The molecule has 0 fully saturated rings. The highest BCUT2D eigenvalue weighted by atomic mass is 35.5. The highest BCUT2D eigenvalue weighted by molar-refractivity contribution is 7.19. The summed E-state index contributed by atoms with van der Waals surface area (Å²) in [4.78, 5) is 38.2. The van der Waals surface area contributed by atoms with E-state index in [0.29, 0.717) is 9.21 Å². The van der Waals surface area contributed by atoms with Crippen LogP contribution in [0.4, 0.5) is 6.01 Å². The van der Waals surface area contributed by atoms with Crippen LogP contribution in [0.1, 0.15) is 20.7 Å². The molecule has 4 rings (SSSR count). The van der Waals surface area contributed by atoms with Gasteiger partial charge in [0.15, 0.2) is 0 Å². The lowest BCUT2D eigenvalue weighted by molar-refractivity contribution is -0.116. The summed E-state index contributed by atoms with van der Waals surface area (Å²) in [5.74, 6) is -1.45.